The van der Waals surface area contributed by atoms with Crippen molar-refractivity contribution in [3.63, 3.8) is 0 Å². The SMILES string of the molecule is N#CCCSCc1ccc(C(N)=O)cc1. The standard InChI is InChI=1S/C11H12N2OS/c12-6-1-7-15-8-9-2-4-10(5-3-9)11(13)14/h2-5H,1,7-8H2,(H2,13,14). The Morgan fingerprint density at radius 3 is 2.60 bits per heavy atom. The van der Waals surface area contributed by atoms with Crippen LogP contribution in [-0.4, -0.2) is 11.7 Å². The van der Waals surface area contributed by atoms with Gasteiger partial charge in [-0.15, -0.1) is 0 Å². The molecule has 0 radical (unpaired) electrons. The van der Waals surface area contributed by atoms with Gasteiger partial charge in [0.2, 0.25) is 5.91 Å². The molecular formula is C11H12N2OS. The topological polar surface area (TPSA) is 66.9 Å². The van der Waals surface area contributed by atoms with Crippen molar-refractivity contribution in [2.75, 3.05) is 5.75 Å². The number of carbonyl (C=O) groups excluding carboxylic acids is 1. The van der Waals surface area contributed by atoms with E-state index in [0.29, 0.717) is 12.0 Å². The minimum Gasteiger partial charge on any atom is -0.366 e. The second kappa shape index (κ2) is 6.10. The van der Waals surface area contributed by atoms with E-state index in [4.69, 9.17) is 11.0 Å². The Kier molecular flexibility index (Phi) is 4.72. The average molecular weight is 220 g/mol. The smallest absolute Gasteiger partial charge is 0.248 e. The van der Waals surface area contributed by atoms with Crippen molar-refractivity contribution in [1.82, 2.24) is 0 Å². The van der Waals surface area contributed by atoms with Crippen LogP contribution in [0.2, 0.25) is 0 Å². The molecule has 15 heavy (non-hydrogen) atoms. The van der Waals surface area contributed by atoms with Crippen LogP contribution in [0.25, 0.3) is 0 Å². The number of hydrogen-bond donors (Lipinski definition) is 1. The fourth-order valence-corrected chi connectivity index (χ4v) is 1.88. The number of nitrogens with two attached hydrogens (primary N) is 1. The fourth-order valence-electron chi connectivity index (χ4n) is 1.07. The summed E-state index contributed by atoms with van der Waals surface area (Å²) in [5, 5.41) is 8.35. The largest absolute Gasteiger partial charge is 0.366 e. The maximum absolute atomic E-state index is 10.8. The average Bonchev–Trinajstić information content (AvgIpc) is 2.25. The van der Waals surface area contributed by atoms with Crippen LogP contribution in [-0.2, 0) is 5.75 Å². The van der Waals surface area contributed by atoms with E-state index >= 15 is 0 Å². The van der Waals surface area contributed by atoms with E-state index in [2.05, 4.69) is 6.07 Å². The summed E-state index contributed by atoms with van der Waals surface area (Å²) in [6.45, 7) is 0. The number of rotatable bonds is 5. The first kappa shape index (κ1) is 11.6. The third-order valence-electron chi connectivity index (χ3n) is 1.87. The zero-order valence-electron chi connectivity index (χ0n) is 8.27. The van der Waals surface area contributed by atoms with Gasteiger partial charge in [-0.25, -0.2) is 0 Å². The lowest BCUT2D eigenvalue weighted by molar-refractivity contribution is 0.100. The van der Waals surface area contributed by atoms with E-state index in [1.807, 2.05) is 12.1 Å². The normalized spacial score (nSPS) is 9.53. The summed E-state index contributed by atoms with van der Waals surface area (Å²) < 4.78 is 0. The Labute approximate surface area is 93.3 Å². The quantitative estimate of drug-likeness (QED) is 0.771. The second-order valence-corrected chi connectivity index (χ2v) is 4.13. The van der Waals surface area contributed by atoms with Crippen LogP contribution < -0.4 is 5.73 Å². The summed E-state index contributed by atoms with van der Waals surface area (Å²) in [7, 11) is 0. The number of carbonyl (C=O) groups is 1. The molecule has 0 aliphatic heterocycles. The van der Waals surface area contributed by atoms with Crippen LogP contribution in [0.3, 0.4) is 0 Å². The molecule has 0 aromatic heterocycles. The Hall–Kier alpha value is -1.47. The molecule has 0 atom stereocenters. The van der Waals surface area contributed by atoms with Gasteiger partial charge >= 0.3 is 0 Å². The molecule has 0 aliphatic carbocycles. The second-order valence-electron chi connectivity index (χ2n) is 3.02. The van der Waals surface area contributed by atoms with Crippen LogP contribution in [0, 0.1) is 11.3 Å². The summed E-state index contributed by atoms with van der Waals surface area (Å²) in [6.07, 6.45) is 0.573. The van der Waals surface area contributed by atoms with Crippen molar-refractivity contribution in [3.8, 4) is 6.07 Å². The molecular weight excluding hydrogens is 208 g/mol. The molecule has 0 aliphatic rings. The molecule has 2 N–H and O–H groups in total. The molecule has 1 rings (SSSR count). The van der Waals surface area contributed by atoms with Crippen molar-refractivity contribution in [2.24, 2.45) is 5.73 Å². The highest BCUT2D eigenvalue weighted by Gasteiger charge is 1.99. The van der Waals surface area contributed by atoms with Crippen molar-refractivity contribution in [3.05, 3.63) is 35.4 Å². The monoisotopic (exact) mass is 220 g/mol. The van der Waals surface area contributed by atoms with Crippen LogP contribution in [0.15, 0.2) is 24.3 Å². The van der Waals surface area contributed by atoms with E-state index < -0.39 is 5.91 Å². The van der Waals surface area contributed by atoms with Gasteiger partial charge in [0, 0.05) is 23.5 Å². The summed E-state index contributed by atoms with van der Waals surface area (Å²) in [4.78, 5) is 10.8. The van der Waals surface area contributed by atoms with Gasteiger partial charge in [0.05, 0.1) is 6.07 Å². The van der Waals surface area contributed by atoms with Gasteiger partial charge in [-0.05, 0) is 17.7 Å². The molecule has 1 aromatic carbocycles. The fraction of sp³-hybridized carbons (Fsp3) is 0.273. The lowest BCUT2D eigenvalue weighted by atomic mass is 10.1. The summed E-state index contributed by atoms with van der Waals surface area (Å²) in [5.74, 6) is 1.30. The Balaban J connectivity index is 2.43. The van der Waals surface area contributed by atoms with Gasteiger partial charge in [0.15, 0.2) is 0 Å². The molecule has 0 unspecified atom stereocenters. The maximum atomic E-state index is 10.8. The minimum absolute atomic E-state index is 0.404. The van der Waals surface area contributed by atoms with Gasteiger partial charge in [-0.1, -0.05) is 12.1 Å². The Bertz CT molecular complexity index is 367. The predicted molar refractivity (Wildman–Crippen MR) is 61.4 cm³/mol. The number of amides is 1. The molecule has 1 amide bonds. The molecule has 1 aromatic rings. The van der Waals surface area contributed by atoms with E-state index in [1.54, 1.807) is 23.9 Å². The molecule has 4 heteroatoms. The summed E-state index contributed by atoms with van der Waals surface area (Å²) >= 11 is 1.71. The predicted octanol–water partition coefficient (Wildman–Crippen LogP) is 1.93. The van der Waals surface area contributed by atoms with Crippen molar-refractivity contribution in [2.45, 2.75) is 12.2 Å². The summed E-state index contributed by atoms with van der Waals surface area (Å²) in [5.41, 5.74) is 6.79. The number of primary amides is 1. The molecule has 0 bridgehead atoms. The molecule has 0 saturated heterocycles. The maximum Gasteiger partial charge on any atom is 0.248 e. The molecule has 0 spiro atoms. The summed E-state index contributed by atoms with van der Waals surface area (Å²) in [6, 6.07) is 9.32. The van der Waals surface area contributed by atoms with E-state index in [-0.39, 0.29) is 0 Å². The minimum atomic E-state index is -0.404. The van der Waals surface area contributed by atoms with Crippen LogP contribution in [0.1, 0.15) is 22.3 Å². The zero-order chi connectivity index (χ0) is 11.1. The third-order valence-corrected chi connectivity index (χ3v) is 2.90. The highest BCUT2D eigenvalue weighted by Crippen LogP contribution is 2.13. The highest BCUT2D eigenvalue weighted by atomic mass is 32.2. The lowest BCUT2D eigenvalue weighted by Crippen LogP contribution is -2.10. The molecule has 0 saturated carbocycles. The lowest BCUT2D eigenvalue weighted by Gasteiger charge is -2.00. The van der Waals surface area contributed by atoms with E-state index in [9.17, 15) is 4.79 Å². The van der Waals surface area contributed by atoms with Gasteiger partial charge in [0.25, 0.3) is 0 Å². The first-order valence-electron chi connectivity index (χ1n) is 4.57. The zero-order valence-corrected chi connectivity index (χ0v) is 9.09. The number of benzene rings is 1. The van der Waals surface area contributed by atoms with Crippen LogP contribution in [0.4, 0.5) is 0 Å². The van der Waals surface area contributed by atoms with Crippen LogP contribution >= 0.6 is 11.8 Å². The van der Waals surface area contributed by atoms with E-state index in [0.717, 1.165) is 17.1 Å². The van der Waals surface area contributed by atoms with Crippen LogP contribution in [0.5, 0.6) is 0 Å². The van der Waals surface area contributed by atoms with Gasteiger partial charge in [-0.2, -0.15) is 17.0 Å². The highest BCUT2D eigenvalue weighted by molar-refractivity contribution is 7.98. The number of thioether (sulfide) groups is 1. The first-order chi connectivity index (χ1) is 7.24. The van der Waals surface area contributed by atoms with Gasteiger partial charge in [-0.3, -0.25) is 4.79 Å². The van der Waals surface area contributed by atoms with Crippen molar-refractivity contribution >= 4 is 17.7 Å². The van der Waals surface area contributed by atoms with Gasteiger partial charge in [0.1, 0.15) is 0 Å². The van der Waals surface area contributed by atoms with Gasteiger partial charge < -0.3 is 5.73 Å². The molecule has 0 fully saturated rings. The Morgan fingerprint density at radius 1 is 1.40 bits per heavy atom. The van der Waals surface area contributed by atoms with E-state index in [1.165, 1.54) is 0 Å². The Morgan fingerprint density at radius 2 is 2.07 bits per heavy atom. The van der Waals surface area contributed by atoms with Crippen molar-refractivity contribution < 1.29 is 4.79 Å². The van der Waals surface area contributed by atoms with Crippen molar-refractivity contribution in [1.29, 1.82) is 5.26 Å². The number of nitrogens with zero attached hydrogens (tertiary/aromatic N) is 1. The molecule has 3 nitrogen and oxygen atoms in total. The molecule has 78 valence electrons. The number of hydrogen-bond acceptors (Lipinski definition) is 3. The third kappa shape index (κ3) is 4.05. The number of nitriles is 1. The molecule has 0 heterocycles. The first-order valence-corrected chi connectivity index (χ1v) is 5.73.